The summed E-state index contributed by atoms with van der Waals surface area (Å²) in [7, 11) is 0. The zero-order valence-electron chi connectivity index (χ0n) is 6.29. The Hall–Kier alpha value is -1.32. The lowest BCUT2D eigenvalue weighted by Gasteiger charge is -2.00. The Kier molecular flexibility index (Phi) is 1.21. The van der Waals surface area contributed by atoms with Crippen LogP contribution in [-0.4, -0.2) is 16.3 Å². The predicted octanol–water partition coefficient (Wildman–Crippen LogP) is -0.0228. The minimum atomic E-state index is 0.00523. The molecule has 0 bridgehead atoms. The first-order valence-corrected chi connectivity index (χ1v) is 3.60. The lowest BCUT2D eigenvalue weighted by atomic mass is 10.4. The summed E-state index contributed by atoms with van der Waals surface area (Å²) in [6.07, 6.45) is 0. The first-order valence-electron chi connectivity index (χ1n) is 3.60. The van der Waals surface area contributed by atoms with Crippen molar-refractivity contribution in [2.45, 2.75) is 13.5 Å². The van der Waals surface area contributed by atoms with Crippen molar-refractivity contribution in [1.29, 1.82) is 0 Å². The second-order valence-corrected chi connectivity index (χ2v) is 2.63. The minimum Gasteiger partial charge on any atom is -0.368 e. The Bertz CT molecular complexity index is 342. The zero-order valence-corrected chi connectivity index (χ0v) is 6.29. The molecule has 4 heteroatoms. The topological polar surface area (TPSA) is 46.9 Å². The van der Waals surface area contributed by atoms with Crippen LogP contribution in [0, 0.1) is 6.92 Å². The van der Waals surface area contributed by atoms with Crippen molar-refractivity contribution < 1.29 is 0 Å². The van der Waals surface area contributed by atoms with Gasteiger partial charge in [0.05, 0.1) is 6.54 Å². The van der Waals surface area contributed by atoms with E-state index >= 15 is 0 Å². The lowest BCUT2D eigenvalue weighted by molar-refractivity contribution is 0.667. The third-order valence-electron chi connectivity index (χ3n) is 1.80. The maximum Gasteiger partial charge on any atom is 0.205 e. The van der Waals surface area contributed by atoms with Crippen molar-refractivity contribution in [2.75, 3.05) is 11.9 Å². The van der Waals surface area contributed by atoms with Gasteiger partial charge in [0, 0.05) is 12.6 Å². The molecule has 0 saturated carbocycles. The van der Waals surface area contributed by atoms with Crippen LogP contribution in [-0.2, 0) is 6.54 Å². The number of hydrogen-bond donors (Lipinski definition) is 1. The highest BCUT2D eigenvalue weighted by Crippen LogP contribution is 2.08. The van der Waals surface area contributed by atoms with Gasteiger partial charge in [0.15, 0.2) is 0 Å². The lowest BCUT2D eigenvalue weighted by Crippen LogP contribution is -2.12. The summed E-state index contributed by atoms with van der Waals surface area (Å²) in [4.78, 5) is 11.1. The number of aryl methyl sites for hydroxylation is 1. The van der Waals surface area contributed by atoms with Gasteiger partial charge in [-0.25, -0.2) is 4.68 Å². The largest absolute Gasteiger partial charge is 0.368 e. The first kappa shape index (κ1) is 6.39. The van der Waals surface area contributed by atoms with Gasteiger partial charge in [-0.1, -0.05) is 0 Å². The number of anilines is 1. The molecule has 0 aromatic carbocycles. The average Bonchev–Trinajstić information content (AvgIpc) is 2.36. The summed E-state index contributed by atoms with van der Waals surface area (Å²) >= 11 is 0. The number of rotatable bonds is 0. The zero-order chi connectivity index (χ0) is 7.84. The van der Waals surface area contributed by atoms with Gasteiger partial charge in [-0.15, -0.1) is 0 Å². The van der Waals surface area contributed by atoms with Crippen molar-refractivity contribution in [3.63, 3.8) is 0 Å². The molecular formula is C7H9N3O. The summed E-state index contributed by atoms with van der Waals surface area (Å²) in [5.41, 5.74) is 0.572. The van der Waals surface area contributed by atoms with Crippen LogP contribution in [0.1, 0.15) is 5.69 Å². The first-order chi connectivity index (χ1) is 5.27. The van der Waals surface area contributed by atoms with E-state index in [2.05, 4.69) is 10.4 Å². The molecule has 4 nitrogen and oxygen atoms in total. The van der Waals surface area contributed by atoms with Crippen molar-refractivity contribution >= 4 is 5.82 Å². The molecule has 0 amide bonds. The minimum absolute atomic E-state index is 0.00523. The van der Waals surface area contributed by atoms with E-state index in [1.807, 2.05) is 4.68 Å². The van der Waals surface area contributed by atoms with Crippen molar-refractivity contribution in [3.05, 3.63) is 22.0 Å². The fourth-order valence-electron chi connectivity index (χ4n) is 1.19. The predicted molar refractivity (Wildman–Crippen MR) is 41.7 cm³/mol. The van der Waals surface area contributed by atoms with Crippen molar-refractivity contribution in [1.82, 2.24) is 9.78 Å². The van der Waals surface area contributed by atoms with E-state index in [4.69, 9.17) is 0 Å². The molecule has 1 aromatic heterocycles. The normalized spacial score (nSPS) is 14.3. The highest BCUT2D eigenvalue weighted by molar-refractivity contribution is 5.37. The molecule has 0 saturated heterocycles. The molecule has 0 fully saturated rings. The fraction of sp³-hybridized carbons (Fsp3) is 0.429. The van der Waals surface area contributed by atoms with E-state index < -0.39 is 0 Å². The van der Waals surface area contributed by atoms with Gasteiger partial charge in [0.1, 0.15) is 11.5 Å². The van der Waals surface area contributed by atoms with E-state index in [1.165, 1.54) is 0 Å². The van der Waals surface area contributed by atoms with Crippen LogP contribution in [0.4, 0.5) is 5.82 Å². The summed E-state index contributed by atoms with van der Waals surface area (Å²) in [6, 6.07) is 1.59. The molecule has 2 rings (SSSR count). The van der Waals surface area contributed by atoms with E-state index in [0.717, 1.165) is 18.9 Å². The number of fused-ring (bicyclic) bond motifs is 1. The number of hydrogen-bond acceptors (Lipinski definition) is 3. The number of nitrogens with zero attached hydrogens (tertiary/aromatic N) is 2. The quantitative estimate of drug-likeness (QED) is 0.566. The van der Waals surface area contributed by atoms with Crippen molar-refractivity contribution in [2.24, 2.45) is 0 Å². The maximum absolute atomic E-state index is 11.1. The third kappa shape index (κ3) is 0.906. The Labute approximate surface area is 63.8 Å². The number of nitrogens with one attached hydrogen (secondary N) is 1. The molecule has 0 unspecified atom stereocenters. The van der Waals surface area contributed by atoms with Gasteiger partial charge in [-0.05, 0) is 6.92 Å². The molecule has 11 heavy (non-hydrogen) atoms. The van der Waals surface area contributed by atoms with E-state index in [1.54, 1.807) is 13.0 Å². The standard InChI is InChI=1S/C7H9N3O/c1-5-6(11)4-7-8-2-3-10(7)9-5/h4,8H,2-3H2,1H3. The van der Waals surface area contributed by atoms with Crippen LogP contribution in [0.15, 0.2) is 10.9 Å². The summed E-state index contributed by atoms with van der Waals surface area (Å²) in [5, 5.41) is 7.16. The molecular weight excluding hydrogens is 142 g/mol. The molecule has 1 aliphatic rings. The van der Waals surface area contributed by atoms with Crippen LogP contribution in [0.2, 0.25) is 0 Å². The van der Waals surface area contributed by atoms with Crippen LogP contribution in [0.3, 0.4) is 0 Å². The van der Waals surface area contributed by atoms with E-state index in [-0.39, 0.29) is 5.43 Å². The van der Waals surface area contributed by atoms with Gasteiger partial charge >= 0.3 is 0 Å². The summed E-state index contributed by atoms with van der Waals surface area (Å²) in [6.45, 7) is 3.46. The summed E-state index contributed by atoms with van der Waals surface area (Å²) < 4.78 is 1.82. The maximum atomic E-state index is 11.1. The third-order valence-corrected chi connectivity index (χ3v) is 1.80. The molecule has 0 aliphatic carbocycles. The Balaban J connectivity index is 2.66. The van der Waals surface area contributed by atoms with Crippen molar-refractivity contribution in [3.8, 4) is 0 Å². The summed E-state index contributed by atoms with van der Waals surface area (Å²) in [5.74, 6) is 0.834. The molecule has 58 valence electrons. The average molecular weight is 151 g/mol. The van der Waals surface area contributed by atoms with Gasteiger partial charge in [0.25, 0.3) is 0 Å². The molecule has 0 atom stereocenters. The Morgan fingerprint density at radius 1 is 1.73 bits per heavy atom. The van der Waals surface area contributed by atoms with Gasteiger partial charge in [-0.3, -0.25) is 4.79 Å². The monoisotopic (exact) mass is 151 g/mol. The Morgan fingerprint density at radius 2 is 2.55 bits per heavy atom. The molecule has 1 aromatic rings. The van der Waals surface area contributed by atoms with Crippen LogP contribution >= 0.6 is 0 Å². The highest BCUT2D eigenvalue weighted by atomic mass is 16.1. The number of aromatic nitrogens is 2. The van der Waals surface area contributed by atoms with E-state index in [9.17, 15) is 4.79 Å². The molecule has 1 aliphatic heterocycles. The highest BCUT2D eigenvalue weighted by Gasteiger charge is 2.09. The second-order valence-electron chi connectivity index (χ2n) is 2.63. The van der Waals surface area contributed by atoms with Crippen LogP contribution in [0.5, 0.6) is 0 Å². The molecule has 1 N–H and O–H groups in total. The van der Waals surface area contributed by atoms with E-state index in [0.29, 0.717) is 5.69 Å². The van der Waals surface area contributed by atoms with Gasteiger partial charge in [0.2, 0.25) is 5.43 Å². The van der Waals surface area contributed by atoms with Crippen LogP contribution < -0.4 is 10.7 Å². The molecule has 0 spiro atoms. The van der Waals surface area contributed by atoms with Crippen LogP contribution in [0.25, 0.3) is 0 Å². The smallest absolute Gasteiger partial charge is 0.205 e. The molecule has 2 heterocycles. The fourth-order valence-corrected chi connectivity index (χ4v) is 1.19. The van der Waals surface area contributed by atoms with Gasteiger partial charge < -0.3 is 5.32 Å². The SMILES string of the molecule is Cc1nn2c(cc1=O)NCC2. The Morgan fingerprint density at radius 3 is 3.36 bits per heavy atom. The van der Waals surface area contributed by atoms with Gasteiger partial charge in [-0.2, -0.15) is 5.10 Å². The molecule has 0 radical (unpaired) electrons. The second kappa shape index (κ2) is 2.08.